The van der Waals surface area contributed by atoms with Crippen LogP contribution in [0.1, 0.15) is 30.2 Å². The molecule has 33 heavy (non-hydrogen) atoms. The van der Waals surface area contributed by atoms with Crippen LogP contribution in [0.5, 0.6) is 11.5 Å². The summed E-state index contributed by atoms with van der Waals surface area (Å²) >= 11 is 0. The Labute approximate surface area is 193 Å². The summed E-state index contributed by atoms with van der Waals surface area (Å²) in [5.74, 6) is 0.934. The maximum absolute atomic E-state index is 12.4. The van der Waals surface area contributed by atoms with Crippen molar-refractivity contribution in [2.45, 2.75) is 33.3 Å². The number of methoxy groups -OCH3 is 1. The third kappa shape index (κ3) is 4.72. The Balaban J connectivity index is 1.70. The number of benzene rings is 2. The Morgan fingerprint density at radius 2 is 1.97 bits per heavy atom. The highest BCUT2D eigenvalue weighted by atomic mass is 16.5. The molecule has 4 rings (SSSR count). The maximum Gasteiger partial charge on any atom is 0.325 e. The van der Waals surface area contributed by atoms with Gasteiger partial charge in [-0.1, -0.05) is 18.2 Å². The van der Waals surface area contributed by atoms with E-state index in [2.05, 4.69) is 16.0 Å². The minimum Gasteiger partial charge on any atom is -0.495 e. The fraction of sp³-hybridized carbons (Fsp3) is 0.308. The first-order valence-electron chi connectivity index (χ1n) is 11.0. The zero-order valence-electron chi connectivity index (χ0n) is 19.1. The number of carbonyl (C=O) groups is 2. The molecule has 1 amide bonds. The van der Waals surface area contributed by atoms with Crippen molar-refractivity contribution < 1.29 is 23.8 Å². The molecular formula is C26H28N2O5. The van der Waals surface area contributed by atoms with Crippen LogP contribution in [0, 0.1) is 6.92 Å². The highest BCUT2D eigenvalue weighted by molar-refractivity contribution is 5.82. The molecule has 2 aromatic carbocycles. The number of hydrogen-bond acceptors (Lipinski definition) is 5. The second-order valence-electron chi connectivity index (χ2n) is 7.89. The highest BCUT2D eigenvalue weighted by Crippen LogP contribution is 2.42. The smallest absolute Gasteiger partial charge is 0.325 e. The Kier molecular flexibility index (Phi) is 6.68. The molecule has 0 spiro atoms. The molecular weight excluding hydrogens is 420 g/mol. The van der Waals surface area contributed by atoms with Gasteiger partial charge in [0.15, 0.2) is 0 Å². The van der Waals surface area contributed by atoms with Gasteiger partial charge in [-0.2, -0.15) is 0 Å². The van der Waals surface area contributed by atoms with Crippen LogP contribution in [0.4, 0.5) is 0 Å². The Bertz CT molecular complexity index is 1180. The molecule has 1 N–H and O–H groups in total. The standard InChI is InChI=1S/C26H28N2O5/c1-4-32-25(30)15-27-24(29)12-10-19-14-18-16-33-22-8-6-5-7-20(22)26(18)28(19)21-11-9-17(2)13-23(21)31-3/h5-9,11,13-14H,4,10,12,15-16H2,1-3H3,(H,27,29). The monoisotopic (exact) mass is 448 g/mol. The van der Waals surface area contributed by atoms with Crippen LogP contribution in [0.2, 0.25) is 0 Å². The van der Waals surface area contributed by atoms with E-state index in [1.165, 1.54) is 0 Å². The number of esters is 1. The number of nitrogens with one attached hydrogen (secondary N) is 1. The van der Waals surface area contributed by atoms with E-state index in [0.717, 1.165) is 45.3 Å². The molecule has 3 aromatic rings. The van der Waals surface area contributed by atoms with E-state index >= 15 is 0 Å². The third-order valence-corrected chi connectivity index (χ3v) is 5.60. The molecule has 7 heteroatoms. The lowest BCUT2D eigenvalue weighted by Gasteiger charge is -2.22. The predicted octanol–water partition coefficient (Wildman–Crippen LogP) is 3.97. The summed E-state index contributed by atoms with van der Waals surface area (Å²) in [5, 5.41) is 2.63. The molecule has 0 saturated carbocycles. The average Bonchev–Trinajstić information content (AvgIpc) is 3.20. The number of ether oxygens (including phenoxy) is 3. The fourth-order valence-electron chi connectivity index (χ4n) is 4.11. The first-order chi connectivity index (χ1) is 16.0. The number of amides is 1. The van der Waals surface area contributed by atoms with Crippen molar-refractivity contribution in [3.05, 3.63) is 65.4 Å². The first-order valence-corrected chi connectivity index (χ1v) is 11.0. The summed E-state index contributed by atoms with van der Waals surface area (Å²) < 4.78 is 18.7. The van der Waals surface area contributed by atoms with E-state index in [4.69, 9.17) is 14.2 Å². The van der Waals surface area contributed by atoms with Gasteiger partial charge in [-0.3, -0.25) is 9.59 Å². The molecule has 0 bridgehead atoms. The average molecular weight is 449 g/mol. The van der Waals surface area contributed by atoms with E-state index in [1.54, 1.807) is 14.0 Å². The van der Waals surface area contributed by atoms with Crippen molar-refractivity contribution in [3.8, 4) is 28.4 Å². The van der Waals surface area contributed by atoms with Crippen molar-refractivity contribution in [3.63, 3.8) is 0 Å². The van der Waals surface area contributed by atoms with Crippen molar-refractivity contribution in [1.82, 2.24) is 9.88 Å². The number of aromatic nitrogens is 1. The highest BCUT2D eigenvalue weighted by Gasteiger charge is 2.26. The molecule has 1 aliphatic heterocycles. The number of aryl methyl sites for hydroxylation is 2. The second kappa shape index (κ2) is 9.81. The van der Waals surface area contributed by atoms with Crippen LogP contribution in [-0.2, 0) is 27.4 Å². The normalized spacial score (nSPS) is 11.7. The van der Waals surface area contributed by atoms with Crippen molar-refractivity contribution in [2.75, 3.05) is 20.3 Å². The largest absolute Gasteiger partial charge is 0.495 e. The quantitative estimate of drug-likeness (QED) is 0.528. The lowest BCUT2D eigenvalue weighted by atomic mass is 10.0. The maximum atomic E-state index is 12.4. The van der Waals surface area contributed by atoms with Crippen LogP contribution in [0.15, 0.2) is 48.5 Å². The Hall–Kier alpha value is -3.74. The molecule has 7 nitrogen and oxygen atoms in total. The lowest BCUT2D eigenvalue weighted by molar-refractivity contribution is -0.143. The molecule has 0 fully saturated rings. The zero-order chi connectivity index (χ0) is 23.4. The van der Waals surface area contributed by atoms with Gasteiger partial charge >= 0.3 is 5.97 Å². The summed E-state index contributed by atoms with van der Waals surface area (Å²) in [4.78, 5) is 23.9. The van der Waals surface area contributed by atoms with Gasteiger partial charge in [0.05, 0.1) is 25.1 Å². The van der Waals surface area contributed by atoms with Crippen molar-refractivity contribution >= 4 is 11.9 Å². The third-order valence-electron chi connectivity index (χ3n) is 5.60. The SMILES string of the molecule is CCOC(=O)CNC(=O)CCc1cc2c(n1-c1ccc(C)cc1OC)-c1ccccc1OC2. The van der Waals surface area contributed by atoms with Crippen LogP contribution >= 0.6 is 0 Å². The molecule has 1 aliphatic rings. The summed E-state index contributed by atoms with van der Waals surface area (Å²) in [6, 6.07) is 16.1. The first kappa shape index (κ1) is 22.5. The van der Waals surface area contributed by atoms with E-state index in [9.17, 15) is 9.59 Å². The lowest BCUT2D eigenvalue weighted by Crippen LogP contribution is -2.30. The summed E-state index contributed by atoms with van der Waals surface area (Å²) in [6.07, 6.45) is 0.722. The summed E-state index contributed by atoms with van der Waals surface area (Å²) in [5.41, 5.74) is 6.07. The van der Waals surface area contributed by atoms with Crippen LogP contribution < -0.4 is 14.8 Å². The van der Waals surface area contributed by atoms with E-state index < -0.39 is 5.97 Å². The van der Waals surface area contributed by atoms with Gasteiger partial charge in [0.2, 0.25) is 5.91 Å². The van der Waals surface area contributed by atoms with E-state index in [0.29, 0.717) is 13.0 Å². The van der Waals surface area contributed by atoms with Crippen molar-refractivity contribution in [2.24, 2.45) is 0 Å². The Morgan fingerprint density at radius 1 is 1.15 bits per heavy atom. The van der Waals surface area contributed by atoms with Gasteiger partial charge in [0.25, 0.3) is 0 Å². The number of fused-ring (bicyclic) bond motifs is 3. The van der Waals surface area contributed by atoms with E-state index in [1.807, 2.05) is 49.4 Å². The van der Waals surface area contributed by atoms with E-state index in [-0.39, 0.29) is 25.5 Å². The molecule has 2 heterocycles. The van der Waals surface area contributed by atoms with Crippen LogP contribution in [-0.4, -0.2) is 36.7 Å². The molecule has 0 aliphatic carbocycles. The number of para-hydroxylation sites is 1. The fourth-order valence-corrected chi connectivity index (χ4v) is 4.11. The van der Waals surface area contributed by atoms with Gasteiger partial charge in [-0.05, 0) is 56.2 Å². The van der Waals surface area contributed by atoms with Gasteiger partial charge in [-0.15, -0.1) is 0 Å². The second-order valence-corrected chi connectivity index (χ2v) is 7.89. The topological polar surface area (TPSA) is 78.8 Å². The predicted molar refractivity (Wildman–Crippen MR) is 125 cm³/mol. The molecule has 0 saturated heterocycles. The molecule has 0 atom stereocenters. The van der Waals surface area contributed by atoms with Gasteiger partial charge in [-0.25, -0.2) is 0 Å². The van der Waals surface area contributed by atoms with Crippen LogP contribution in [0.25, 0.3) is 16.9 Å². The number of hydrogen-bond donors (Lipinski definition) is 1. The zero-order valence-corrected chi connectivity index (χ0v) is 19.1. The molecule has 0 unspecified atom stereocenters. The van der Waals surface area contributed by atoms with Gasteiger partial charge < -0.3 is 24.1 Å². The van der Waals surface area contributed by atoms with Crippen LogP contribution in [0.3, 0.4) is 0 Å². The number of nitrogens with zero attached hydrogens (tertiary/aromatic N) is 1. The molecule has 172 valence electrons. The molecule has 1 aromatic heterocycles. The Morgan fingerprint density at radius 3 is 2.76 bits per heavy atom. The minimum absolute atomic E-state index is 0.128. The summed E-state index contributed by atoms with van der Waals surface area (Å²) in [6.45, 7) is 4.37. The number of carbonyl (C=O) groups excluding carboxylic acids is 2. The minimum atomic E-state index is -0.442. The van der Waals surface area contributed by atoms with Crippen molar-refractivity contribution in [1.29, 1.82) is 0 Å². The van der Waals surface area contributed by atoms with Gasteiger partial charge in [0.1, 0.15) is 24.7 Å². The molecule has 0 radical (unpaired) electrons. The summed E-state index contributed by atoms with van der Waals surface area (Å²) in [7, 11) is 1.66. The van der Waals surface area contributed by atoms with Gasteiger partial charge in [0, 0.05) is 23.2 Å². The number of rotatable bonds is 8.